The molecule has 0 radical (unpaired) electrons. The molecule has 0 heterocycles. The highest BCUT2D eigenvalue weighted by molar-refractivity contribution is 9.09. The van der Waals surface area contributed by atoms with Crippen molar-refractivity contribution in [2.45, 2.75) is 64.2 Å². The minimum atomic E-state index is 0.328. The number of rotatable bonds is 13. The van der Waals surface area contributed by atoms with Gasteiger partial charge >= 0.3 is 0 Å². The van der Waals surface area contributed by atoms with Crippen molar-refractivity contribution in [1.82, 2.24) is 0 Å². The molecule has 0 aromatic heterocycles. The summed E-state index contributed by atoms with van der Waals surface area (Å²) in [6.45, 7) is 0. The van der Waals surface area contributed by atoms with E-state index in [1.807, 2.05) is 24.3 Å². The standard InChI is InChI=1S/C24H32Br2O2/c25-15-7-3-1-5-9-19-17-21(27)11-13-23(19)24-14-12-22(28)18-20(24)10-6-2-4-8-16-26/h11-14,17-18,27-28H,1-10,15-16H2. The summed E-state index contributed by atoms with van der Waals surface area (Å²) < 4.78 is 0. The van der Waals surface area contributed by atoms with E-state index in [1.165, 1.54) is 60.8 Å². The molecule has 28 heavy (non-hydrogen) atoms. The average Bonchev–Trinajstić information content (AvgIpc) is 2.68. The van der Waals surface area contributed by atoms with Gasteiger partial charge in [0.1, 0.15) is 11.5 Å². The maximum atomic E-state index is 10.0. The number of benzene rings is 2. The van der Waals surface area contributed by atoms with Crippen LogP contribution in [-0.2, 0) is 12.8 Å². The number of phenolic OH excluding ortho intramolecular Hbond substituents is 2. The molecule has 0 aliphatic rings. The fourth-order valence-corrected chi connectivity index (χ4v) is 4.42. The van der Waals surface area contributed by atoms with E-state index < -0.39 is 0 Å². The molecular formula is C24H32Br2O2. The fourth-order valence-electron chi connectivity index (χ4n) is 3.63. The van der Waals surface area contributed by atoms with Crippen LogP contribution in [0.1, 0.15) is 62.5 Å². The molecule has 0 amide bonds. The lowest BCUT2D eigenvalue weighted by atomic mass is 9.90. The summed E-state index contributed by atoms with van der Waals surface area (Å²) in [7, 11) is 0. The number of aryl methyl sites for hydroxylation is 2. The van der Waals surface area contributed by atoms with E-state index in [9.17, 15) is 10.2 Å². The average molecular weight is 512 g/mol. The first-order valence-corrected chi connectivity index (χ1v) is 12.7. The van der Waals surface area contributed by atoms with Crippen molar-refractivity contribution >= 4 is 31.9 Å². The summed E-state index contributed by atoms with van der Waals surface area (Å²) in [6, 6.07) is 11.4. The Morgan fingerprint density at radius 1 is 0.536 bits per heavy atom. The lowest BCUT2D eigenvalue weighted by Gasteiger charge is -2.15. The SMILES string of the molecule is Oc1ccc(-c2ccc(O)cc2CCCCCCBr)c(CCCCCCBr)c1. The third-order valence-electron chi connectivity index (χ3n) is 5.13. The maximum Gasteiger partial charge on any atom is 0.115 e. The van der Waals surface area contributed by atoms with Gasteiger partial charge in [-0.15, -0.1) is 0 Å². The van der Waals surface area contributed by atoms with Crippen LogP contribution >= 0.6 is 31.9 Å². The van der Waals surface area contributed by atoms with Gasteiger partial charge in [0, 0.05) is 10.7 Å². The van der Waals surface area contributed by atoms with E-state index in [1.54, 1.807) is 12.1 Å². The van der Waals surface area contributed by atoms with E-state index >= 15 is 0 Å². The van der Waals surface area contributed by atoms with Crippen LogP contribution in [0.4, 0.5) is 0 Å². The number of hydrogen-bond donors (Lipinski definition) is 2. The largest absolute Gasteiger partial charge is 0.508 e. The highest BCUT2D eigenvalue weighted by Gasteiger charge is 2.12. The van der Waals surface area contributed by atoms with E-state index in [-0.39, 0.29) is 0 Å². The molecule has 2 nitrogen and oxygen atoms in total. The molecule has 0 atom stereocenters. The van der Waals surface area contributed by atoms with Gasteiger partial charge in [-0.05, 0) is 85.0 Å². The molecule has 2 aromatic carbocycles. The Balaban J connectivity index is 2.16. The summed E-state index contributed by atoms with van der Waals surface area (Å²) in [5, 5.41) is 22.2. The van der Waals surface area contributed by atoms with Gasteiger partial charge < -0.3 is 10.2 Å². The van der Waals surface area contributed by atoms with E-state index in [4.69, 9.17) is 0 Å². The molecule has 0 spiro atoms. The molecule has 0 aliphatic heterocycles. The third kappa shape index (κ3) is 7.79. The number of unbranched alkanes of at least 4 members (excludes halogenated alkanes) is 6. The topological polar surface area (TPSA) is 40.5 Å². The van der Waals surface area contributed by atoms with Gasteiger partial charge in [-0.1, -0.05) is 69.7 Å². The van der Waals surface area contributed by atoms with Gasteiger partial charge in [-0.2, -0.15) is 0 Å². The van der Waals surface area contributed by atoms with Gasteiger partial charge in [0.05, 0.1) is 0 Å². The molecule has 154 valence electrons. The zero-order chi connectivity index (χ0) is 20.2. The number of hydrogen-bond acceptors (Lipinski definition) is 2. The van der Waals surface area contributed by atoms with Crippen LogP contribution in [0.25, 0.3) is 11.1 Å². The Morgan fingerprint density at radius 3 is 1.32 bits per heavy atom. The summed E-state index contributed by atoms with van der Waals surface area (Å²) >= 11 is 6.98. The predicted octanol–water partition coefficient (Wildman–Crippen LogP) is 7.76. The molecular weight excluding hydrogens is 480 g/mol. The highest BCUT2D eigenvalue weighted by Crippen LogP contribution is 2.33. The van der Waals surface area contributed by atoms with Crippen molar-refractivity contribution in [2.75, 3.05) is 10.7 Å². The Hall–Kier alpha value is -1.00. The van der Waals surface area contributed by atoms with Gasteiger partial charge in [0.25, 0.3) is 0 Å². The Morgan fingerprint density at radius 2 is 0.929 bits per heavy atom. The normalized spacial score (nSPS) is 11.1. The minimum absolute atomic E-state index is 0.328. The predicted molar refractivity (Wildman–Crippen MR) is 127 cm³/mol. The van der Waals surface area contributed by atoms with Crippen LogP contribution in [0.2, 0.25) is 0 Å². The van der Waals surface area contributed by atoms with Crippen molar-refractivity contribution in [3.63, 3.8) is 0 Å². The first kappa shape index (κ1) is 23.3. The van der Waals surface area contributed by atoms with Crippen LogP contribution in [-0.4, -0.2) is 20.9 Å². The number of aromatic hydroxyl groups is 2. The van der Waals surface area contributed by atoms with E-state index in [2.05, 4.69) is 31.9 Å². The zero-order valence-corrected chi connectivity index (χ0v) is 19.8. The van der Waals surface area contributed by atoms with Crippen LogP contribution < -0.4 is 0 Å². The van der Waals surface area contributed by atoms with Crippen LogP contribution in [0.5, 0.6) is 11.5 Å². The van der Waals surface area contributed by atoms with E-state index in [0.29, 0.717) is 11.5 Å². The molecule has 2 aromatic rings. The lowest BCUT2D eigenvalue weighted by Crippen LogP contribution is -1.96. The second-order valence-corrected chi connectivity index (χ2v) is 8.98. The first-order chi connectivity index (χ1) is 13.7. The molecule has 0 saturated carbocycles. The van der Waals surface area contributed by atoms with Gasteiger partial charge in [-0.25, -0.2) is 0 Å². The first-order valence-electron chi connectivity index (χ1n) is 10.4. The third-order valence-corrected chi connectivity index (χ3v) is 6.25. The Bertz CT molecular complexity index is 654. The summed E-state index contributed by atoms with van der Waals surface area (Å²) in [5.41, 5.74) is 4.78. The van der Waals surface area contributed by atoms with Crippen molar-refractivity contribution in [3.05, 3.63) is 47.5 Å². The molecule has 4 heteroatoms. The van der Waals surface area contributed by atoms with Gasteiger partial charge in [-0.3, -0.25) is 0 Å². The van der Waals surface area contributed by atoms with E-state index in [0.717, 1.165) is 36.3 Å². The van der Waals surface area contributed by atoms with Crippen LogP contribution in [0, 0.1) is 0 Å². The number of halogens is 2. The lowest BCUT2D eigenvalue weighted by molar-refractivity contribution is 0.473. The molecule has 2 N–H and O–H groups in total. The number of alkyl halides is 2. The zero-order valence-electron chi connectivity index (χ0n) is 16.6. The Kier molecular flexibility index (Phi) is 11.0. The second kappa shape index (κ2) is 13.3. The molecule has 0 saturated heterocycles. The number of phenols is 2. The highest BCUT2D eigenvalue weighted by atomic mass is 79.9. The maximum absolute atomic E-state index is 10.0. The summed E-state index contributed by atoms with van der Waals surface area (Å²) in [6.07, 6.45) is 11.5. The minimum Gasteiger partial charge on any atom is -0.508 e. The van der Waals surface area contributed by atoms with Crippen LogP contribution in [0.15, 0.2) is 36.4 Å². The fraction of sp³-hybridized carbons (Fsp3) is 0.500. The molecule has 0 fully saturated rings. The Labute approximate surface area is 186 Å². The summed E-state index contributed by atoms with van der Waals surface area (Å²) in [4.78, 5) is 0. The summed E-state index contributed by atoms with van der Waals surface area (Å²) in [5.74, 6) is 0.656. The smallest absolute Gasteiger partial charge is 0.115 e. The molecule has 0 bridgehead atoms. The molecule has 0 aliphatic carbocycles. The quantitative estimate of drug-likeness (QED) is 0.213. The van der Waals surface area contributed by atoms with Crippen molar-refractivity contribution < 1.29 is 10.2 Å². The van der Waals surface area contributed by atoms with Gasteiger partial charge in [0.2, 0.25) is 0 Å². The van der Waals surface area contributed by atoms with Gasteiger partial charge in [0.15, 0.2) is 0 Å². The monoisotopic (exact) mass is 510 g/mol. The second-order valence-electron chi connectivity index (χ2n) is 7.39. The van der Waals surface area contributed by atoms with Crippen LogP contribution in [0.3, 0.4) is 0 Å². The van der Waals surface area contributed by atoms with Crippen molar-refractivity contribution in [2.24, 2.45) is 0 Å². The van der Waals surface area contributed by atoms with Crippen molar-refractivity contribution in [1.29, 1.82) is 0 Å². The van der Waals surface area contributed by atoms with Crippen molar-refractivity contribution in [3.8, 4) is 22.6 Å². The molecule has 0 unspecified atom stereocenters. The molecule has 2 rings (SSSR count).